The summed E-state index contributed by atoms with van der Waals surface area (Å²) in [5.74, 6) is -12.6. The van der Waals surface area contributed by atoms with Crippen molar-refractivity contribution in [1.82, 2.24) is 9.78 Å². The molecule has 0 aliphatic heterocycles. The molecule has 2 rings (SSSR count). The normalized spacial score (nSPS) is 10.8. The maximum absolute atomic E-state index is 13.5. The molecule has 1 N–H and O–H groups in total. The highest BCUT2D eigenvalue weighted by molar-refractivity contribution is 5.91. The van der Waals surface area contributed by atoms with Crippen LogP contribution >= 0.6 is 0 Å². The standard InChI is InChI=1S/C13H9F5N4O3/c1-5-4-6(22(24)25)20-21(5)3-2-7(23)19-13-11(17)9(15)8(14)10(16)12(13)18/h4H,2-3H2,1H3,(H,19,23). The van der Waals surface area contributed by atoms with Gasteiger partial charge < -0.3 is 15.4 Å². The molecule has 1 aromatic carbocycles. The molecule has 1 amide bonds. The Morgan fingerprint density at radius 3 is 2.16 bits per heavy atom. The molecule has 0 bridgehead atoms. The highest BCUT2D eigenvalue weighted by atomic mass is 19.2. The summed E-state index contributed by atoms with van der Waals surface area (Å²) in [6, 6.07) is 1.14. The molecule has 0 saturated heterocycles. The number of nitrogens with zero attached hydrogens (tertiary/aromatic N) is 3. The second-order valence-electron chi connectivity index (χ2n) is 4.87. The third-order valence-corrected chi connectivity index (χ3v) is 3.18. The van der Waals surface area contributed by atoms with E-state index in [1.54, 1.807) is 5.32 Å². The molecule has 0 aliphatic carbocycles. The van der Waals surface area contributed by atoms with Crippen LogP contribution in [0.4, 0.5) is 33.5 Å². The number of aromatic nitrogens is 2. The van der Waals surface area contributed by atoms with Crippen molar-refractivity contribution in [2.45, 2.75) is 19.9 Å². The Bertz CT molecular complexity index is 839. The number of halogens is 5. The van der Waals surface area contributed by atoms with Gasteiger partial charge in [-0.1, -0.05) is 0 Å². The van der Waals surface area contributed by atoms with E-state index in [1.807, 2.05) is 0 Å². The van der Waals surface area contributed by atoms with Crippen LogP contribution in [0.3, 0.4) is 0 Å². The first-order valence-electron chi connectivity index (χ1n) is 6.63. The molecule has 0 saturated carbocycles. The Morgan fingerprint density at radius 1 is 1.16 bits per heavy atom. The predicted molar refractivity (Wildman–Crippen MR) is 73.1 cm³/mol. The number of benzene rings is 1. The van der Waals surface area contributed by atoms with Gasteiger partial charge in [-0.3, -0.25) is 4.79 Å². The second-order valence-corrected chi connectivity index (χ2v) is 4.87. The number of nitro groups is 1. The fraction of sp³-hybridized carbons (Fsp3) is 0.231. The van der Waals surface area contributed by atoms with Crippen LogP contribution in [0.15, 0.2) is 6.07 Å². The molecule has 1 aromatic heterocycles. The highest BCUT2D eigenvalue weighted by Gasteiger charge is 2.27. The van der Waals surface area contributed by atoms with Gasteiger partial charge in [0.05, 0.1) is 23.4 Å². The van der Waals surface area contributed by atoms with Crippen LogP contribution in [0, 0.1) is 46.1 Å². The first kappa shape index (κ1) is 18.3. The quantitative estimate of drug-likeness (QED) is 0.290. The van der Waals surface area contributed by atoms with Gasteiger partial charge in [0, 0.05) is 6.42 Å². The van der Waals surface area contributed by atoms with Crippen molar-refractivity contribution in [3.63, 3.8) is 0 Å². The zero-order chi connectivity index (χ0) is 18.9. The molecular weight excluding hydrogens is 355 g/mol. The molecule has 0 aliphatic rings. The van der Waals surface area contributed by atoms with E-state index >= 15 is 0 Å². The lowest BCUT2D eigenvalue weighted by Gasteiger charge is -2.09. The molecular formula is C13H9F5N4O3. The number of amides is 1. The minimum Gasteiger partial charge on any atom is -0.358 e. The van der Waals surface area contributed by atoms with Crippen LogP contribution in [0.2, 0.25) is 0 Å². The Kier molecular flexibility index (Phi) is 4.99. The van der Waals surface area contributed by atoms with Crippen LogP contribution < -0.4 is 5.32 Å². The van der Waals surface area contributed by atoms with Crippen LogP contribution in [0.25, 0.3) is 0 Å². The maximum Gasteiger partial charge on any atom is 0.390 e. The van der Waals surface area contributed by atoms with Gasteiger partial charge >= 0.3 is 5.82 Å². The fourth-order valence-corrected chi connectivity index (χ4v) is 1.93. The molecule has 12 heteroatoms. The van der Waals surface area contributed by atoms with Crippen molar-refractivity contribution in [3.05, 3.63) is 51.0 Å². The van der Waals surface area contributed by atoms with Crippen molar-refractivity contribution in [3.8, 4) is 0 Å². The summed E-state index contributed by atoms with van der Waals surface area (Å²) in [5, 5.41) is 15.8. The van der Waals surface area contributed by atoms with E-state index < -0.39 is 57.8 Å². The number of aryl methyl sites for hydroxylation is 2. The SMILES string of the molecule is Cc1cc([N+](=O)[O-])nn1CCC(=O)Nc1c(F)c(F)c(F)c(F)c1F. The molecule has 0 radical (unpaired) electrons. The van der Waals surface area contributed by atoms with Crippen LogP contribution in [0.1, 0.15) is 12.1 Å². The monoisotopic (exact) mass is 364 g/mol. The minimum absolute atomic E-state index is 0.207. The number of hydrogen-bond acceptors (Lipinski definition) is 4. The number of carbonyl (C=O) groups excluding carboxylic acids is 1. The molecule has 7 nitrogen and oxygen atoms in total. The predicted octanol–water partition coefficient (Wildman–Crippen LogP) is 2.82. The summed E-state index contributed by atoms with van der Waals surface area (Å²) in [6.45, 7) is 1.27. The summed E-state index contributed by atoms with van der Waals surface area (Å²) < 4.78 is 67.0. The number of rotatable bonds is 5. The van der Waals surface area contributed by atoms with Crippen molar-refractivity contribution in [2.24, 2.45) is 0 Å². The highest BCUT2D eigenvalue weighted by Crippen LogP contribution is 2.27. The van der Waals surface area contributed by atoms with Gasteiger partial charge in [0.1, 0.15) is 5.69 Å². The molecule has 0 atom stereocenters. The fourth-order valence-electron chi connectivity index (χ4n) is 1.93. The smallest absolute Gasteiger partial charge is 0.358 e. The lowest BCUT2D eigenvalue weighted by atomic mass is 10.2. The molecule has 0 spiro atoms. The van der Waals surface area contributed by atoms with Crippen LogP contribution in [-0.4, -0.2) is 20.6 Å². The number of anilines is 1. The van der Waals surface area contributed by atoms with Crippen LogP contribution in [-0.2, 0) is 11.3 Å². The molecule has 0 unspecified atom stereocenters. The van der Waals surface area contributed by atoms with E-state index in [-0.39, 0.29) is 6.54 Å². The number of nitrogens with one attached hydrogen (secondary N) is 1. The Morgan fingerprint density at radius 2 is 1.68 bits per heavy atom. The van der Waals surface area contributed by atoms with E-state index in [4.69, 9.17) is 0 Å². The van der Waals surface area contributed by atoms with Gasteiger partial charge in [-0.2, -0.15) is 4.68 Å². The maximum atomic E-state index is 13.5. The lowest BCUT2D eigenvalue weighted by molar-refractivity contribution is -0.389. The average Bonchev–Trinajstić information content (AvgIpc) is 2.94. The van der Waals surface area contributed by atoms with Crippen molar-refractivity contribution < 1.29 is 31.7 Å². The molecule has 25 heavy (non-hydrogen) atoms. The van der Waals surface area contributed by atoms with E-state index in [0.29, 0.717) is 5.69 Å². The average molecular weight is 364 g/mol. The van der Waals surface area contributed by atoms with Crippen molar-refractivity contribution >= 4 is 17.4 Å². The summed E-state index contributed by atoms with van der Waals surface area (Å²) in [5.41, 5.74) is -1.12. The summed E-state index contributed by atoms with van der Waals surface area (Å²) in [4.78, 5) is 21.5. The zero-order valence-electron chi connectivity index (χ0n) is 12.4. The zero-order valence-corrected chi connectivity index (χ0v) is 12.4. The van der Waals surface area contributed by atoms with E-state index in [1.165, 1.54) is 6.92 Å². The topological polar surface area (TPSA) is 90.1 Å². The largest absolute Gasteiger partial charge is 0.390 e. The van der Waals surface area contributed by atoms with E-state index in [2.05, 4.69) is 5.10 Å². The Labute approximate surface area is 136 Å². The third kappa shape index (κ3) is 3.56. The Balaban J connectivity index is 2.13. The number of hydrogen-bond donors (Lipinski definition) is 1. The van der Waals surface area contributed by atoms with Gasteiger partial charge in [-0.25, -0.2) is 22.0 Å². The van der Waals surface area contributed by atoms with E-state index in [9.17, 15) is 36.9 Å². The first-order chi connectivity index (χ1) is 11.6. The van der Waals surface area contributed by atoms with Gasteiger partial charge in [-0.05, 0) is 11.8 Å². The third-order valence-electron chi connectivity index (χ3n) is 3.18. The second kappa shape index (κ2) is 6.83. The van der Waals surface area contributed by atoms with Gasteiger partial charge in [-0.15, -0.1) is 0 Å². The van der Waals surface area contributed by atoms with Crippen LogP contribution in [0.5, 0.6) is 0 Å². The number of carbonyl (C=O) groups is 1. The molecule has 134 valence electrons. The summed E-state index contributed by atoms with van der Waals surface area (Å²) in [7, 11) is 0. The molecule has 2 aromatic rings. The van der Waals surface area contributed by atoms with Crippen molar-refractivity contribution in [2.75, 3.05) is 5.32 Å². The van der Waals surface area contributed by atoms with Gasteiger partial charge in [0.2, 0.25) is 11.7 Å². The Hall–Kier alpha value is -3.05. The van der Waals surface area contributed by atoms with Gasteiger partial charge in [0.15, 0.2) is 23.3 Å². The first-order valence-corrected chi connectivity index (χ1v) is 6.63. The van der Waals surface area contributed by atoms with E-state index in [0.717, 1.165) is 10.7 Å². The van der Waals surface area contributed by atoms with Gasteiger partial charge in [0.25, 0.3) is 0 Å². The summed E-state index contributed by atoms with van der Waals surface area (Å²) in [6.07, 6.45) is -0.473. The molecule has 0 fully saturated rings. The minimum atomic E-state index is -2.34. The van der Waals surface area contributed by atoms with Crippen molar-refractivity contribution in [1.29, 1.82) is 0 Å². The lowest BCUT2D eigenvalue weighted by Crippen LogP contribution is -2.19. The molecule has 1 heterocycles. The summed E-state index contributed by atoms with van der Waals surface area (Å²) >= 11 is 0.